The van der Waals surface area contributed by atoms with Crippen molar-refractivity contribution in [3.63, 3.8) is 0 Å². The highest BCUT2D eigenvalue weighted by Crippen LogP contribution is 2.52. The van der Waals surface area contributed by atoms with Crippen molar-refractivity contribution in [1.82, 2.24) is 0 Å². The SMILES string of the molecule is C[SH2]C(=S)OCC12CCC(O)(CC1)CC2. The molecule has 3 saturated carbocycles. The lowest BCUT2D eigenvalue weighted by Gasteiger charge is -2.50. The molecular weight excluding hydrogens is 228 g/mol. The first-order valence-corrected chi connectivity index (χ1v) is 7.55. The zero-order valence-electron chi connectivity index (χ0n) is 9.21. The molecule has 1 N–H and O–H groups in total. The van der Waals surface area contributed by atoms with Gasteiger partial charge in [0.25, 0.3) is 0 Å². The molecule has 0 atom stereocenters. The first kappa shape index (κ1) is 11.7. The quantitative estimate of drug-likeness (QED) is 0.760. The van der Waals surface area contributed by atoms with Crippen LogP contribution in [0.2, 0.25) is 0 Å². The minimum absolute atomic E-state index is 0.328. The van der Waals surface area contributed by atoms with E-state index in [4.69, 9.17) is 17.0 Å². The predicted octanol–water partition coefficient (Wildman–Crippen LogP) is 2.20. The van der Waals surface area contributed by atoms with Crippen LogP contribution in [0.3, 0.4) is 0 Å². The van der Waals surface area contributed by atoms with Crippen molar-refractivity contribution in [2.45, 2.75) is 44.1 Å². The normalized spacial score (nSPS) is 40.4. The molecule has 0 aromatic carbocycles. The minimum Gasteiger partial charge on any atom is -0.479 e. The number of thiocarbonyl (C=S) groups is 1. The Kier molecular flexibility index (Phi) is 3.29. The van der Waals surface area contributed by atoms with Gasteiger partial charge in [0.05, 0.1) is 12.2 Å². The molecule has 3 fully saturated rings. The fourth-order valence-electron chi connectivity index (χ4n) is 2.75. The predicted molar refractivity (Wildman–Crippen MR) is 69.9 cm³/mol. The second-order valence-corrected chi connectivity index (χ2v) is 6.74. The van der Waals surface area contributed by atoms with E-state index in [1.54, 1.807) is 0 Å². The first-order valence-electron chi connectivity index (χ1n) is 5.65. The van der Waals surface area contributed by atoms with Gasteiger partial charge in [-0.1, -0.05) is 0 Å². The van der Waals surface area contributed by atoms with E-state index in [9.17, 15) is 5.11 Å². The van der Waals surface area contributed by atoms with Crippen LogP contribution in [0.1, 0.15) is 38.5 Å². The third kappa shape index (κ3) is 2.48. The van der Waals surface area contributed by atoms with Gasteiger partial charge in [0, 0.05) is 5.41 Å². The number of rotatable bonds is 2. The van der Waals surface area contributed by atoms with Crippen LogP contribution in [0.5, 0.6) is 0 Å². The molecule has 2 bridgehead atoms. The third-order valence-electron chi connectivity index (χ3n) is 4.08. The van der Waals surface area contributed by atoms with Crippen molar-refractivity contribution in [2.75, 3.05) is 12.9 Å². The molecule has 0 heterocycles. The Labute approximate surface area is 101 Å². The van der Waals surface area contributed by atoms with Gasteiger partial charge in [0.1, 0.15) is 0 Å². The second kappa shape index (κ2) is 4.22. The van der Waals surface area contributed by atoms with Crippen LogP contribution in [0.15, 0.2) is 0 Å². The molecule has 3 aliphatic carbocycles. The maximum absolute atomic E-state index is 10.1. The number of hydrogen-bond acceptors (Lipinski definition) is 3. The van der Waals surface area contributed by atoms with Gasteiger partial charge in [-0.2, -0.15) is 11.8 Å². The Bertz CT molecular complexity index is 241. The summed E-state index contributed by atoms with van der Waals surface area (Å²) >= 11 is 5.70. The number of aliphatic hydroxyl groups is 1. The van der Waals surface area contributed by atoms with Gasteiger partial charge in [-0.25, -0.2) is 0 Å². The largest absolute Gasteiger partial charge is 0.479 e. The molecule has 0 saturated heterocycles. The maximum atomic E-state index is 10.1. The summed E-state index contributed by atoms with van der Waals surface area (Å²) in [5.74, 6) is 0. The lowest BCUT2D eigenvalue weighted by atomic mass is 9.59. The molecule has 0 radical (unpaired) electrons. The van der Waals surface area contributed by atoms with E-state index in [0.717, 1.165) is 49.5 Å². The molecule has 4 heteroatoms. The van der Waals surface area contributed by atoms with Crippen molar-refractivity contribution >= 4 is 28.4 Å². The molecule has 0 unspecified atom stereocenters. The number of hydrogen-bond donors (Lipinski definition) is 1. The van der Waals surface area contributed by atoms with Crippen LogP contribution in [-0.2, 0) is 4.74 Å². The molecule has 88 valence electrons. The summed E-state index contributed by atoms with van der Waals surface area (Å²) in [7, 11) is 0. The zero-order valence-corrected chi connectivity index (χ0v) is 11.0. The Morgan fingerprint density at radius 1 is 1.27 bits per heavy atom. The van der Waals surface area contributed by atoms with Crippen molar-refractivity contribution < 1.29 is 9.84 Å². The molecule has 0 aliphatic heterocycles. The number of ether oxygens (including phenoxy) is 1. The van der Waals surface area contributed by atoms with E-state index in [1.807, 2.05) is 0 Å². The molecule has 2 nitrogen and oxygen atoms in total. The van der Waals surface area contributed by atoms with Crippen LogP contribution >= 0.6 is 24.0 Å². The van der Waals surface area contributed by atoms with E-state index in [2.05, 4.69) is 6.26 Å². The zero-order chi connectivity index (χ0) is 10.9. The molecule has 0 spiro atoms. The fraction of sp³-hybridized carbons (Fsp3) is 0.909. The van der Waals surface area contributed by atoms with Crippen LogP contribution in [0, 0.1) is 5.41 Å². The first-order chi connectivity index (χ1) is 7.08. The summed E-state index contributed by atoms with van der Waals surface area (Å²) in [5.41, 5.74) is -0.0110. The van der Waals surface area contributed by atoms with Gasteiger partial charge < -0.3 is 9.84 Å². The Balaban J connectivity index is 1.89. The van der Waals surface area contributed by atoms with Crippen LogP contribution in [-0.4, -0.2) is 28.0 Å². The maximum Gasteiger partial charge on any atom is 0.196 e. The Hall–Kier alpha value is 0.200. The minimum atomic E-state index is -0.339. The number of fused-ring (bicyclic) bond motifs is 3. The summed E-state index contributed by atoms with van der Waals surface area (Å²) in [4.78, 5) is 0. The van der Waals surface area contributed by atoms with Gasteiger partial charge in [0.2, 0.25) is 0 Å². The molecule has 0 aromatic rings. The van der Waals surface area contributed by atoms with Crippen molar-refractivity contribution in [3.05, 3.63) is 0 Å². The van der Waals surface area contributed by atoms with Crippen molar-refractivity contribution in [1.29, 1.82) is 0 Å². The van der Waals surface area contributed by atoms with Gasteiger partial charge >= 0.3 is 0 Å². The Morgan fingerprint density at radius 3 is 2.27 bits per heavy atom. The second-order valence-electron chi connectivity index (χ2n) is 5.05. The van der Waals surface area contributed by atoms with E-state index in [0.29, 0.717) is 17.2 Å². The molecule has 15 heavy (non-hydrogen) atoms. The van der Waals surface area contributed by atoms with Gasteiger partial charge in [0.15, 0.2) is 4.38 Å². The van der Waals surface area contributed by atoms with E-state index < -0.39 is 0 Å². The summed E-state index contributed by atoms with van der Waals surface area (Å²) in [6, 6.07) is 0. The van der Waals surface area contributed by atoms with Crippen LogP contribution in [0.25, 0.3) is 0 Å². The van der Waals surface area contributed by atoms with E-state index >= 15 is 0 Å². The molecule has 3 rings (SSSR count). The lowest BCUT2D eigenvalue weighted by molar-refractivity contribution is -0.104. The van der Waals surface area contributed by atoms with Crippen molar-refractivity contribution in [3.8, 4) is 0 Å². The highest BCUT2D eigenvalue weighted by molar-refractivity contribution is 8.22. The van der Waals surface area contributed by atoms with Crippen molar-refractivity contribution in [2.24, 2.45) is 5.41 Å². The van der Waals surface area contributed by atoms with Gasteiger partial charge in [-0.3, -0.25) is 0 Å². The average molecular weight is 248 g/mol. The van der Waals surface area contributed by atoms with Crippen LogP contribution < -0.4 is 0 Å². The summed E-state index contributed by atoms with van der Waals surface area (Å²) < 4.78 is 6.40. The van der Waals surface area contributed by atoms with Gasteiger partial charge in [-0.15, -0.1) is 0 Å². The molecule has 3 aliphatic rings. The standard InChI is InChI=1S/C11H20O2S2/c1-15-9(14)13-8-10-2-5-11(12,6-3-10)7-4-10/h12H,2-8,15H2,1H3. The smallest absolute Gasteiger partial charge is 0.196 e. The summed E-state index contributed by atoms with van der Waals surface area (Å²) in [5, 5.41) is 10.1. The fourth-order valence-corrected chi connectivity index (χ4v) is 3.03. The molecule has 0 aromatic heterocycles. The average Bonchev–Trinajstić information content (AvgIpc) is 2.28. The summed E-state index contributed by atoms with van der Waals surface area (Å²) in [6.07, 6.45) is 8.25. The highest BCUT2D eigenvalue weighted by Gasteiger charge is 2.48. The topological polar surface area (TPSA) is 29.5 Å². The molecule has 0 amide bonds. The third-order valence-corrected chi connectivity index (χ3v) is 5.36. The molecular formula is C11H20O2S2. The monoisotopic (exact) mass is 248 g/mol. The van der Waals surface area contributed by atoms with E-state index in [1.165, 1.54) is 0 Å². The van der Waals surface area contributed by atoms with Gasteiger partial charge in [-0.05, 0) is 57.0 Å². The highest BCUT2D eigenvalue weighted by atomic mass is 32.2. The van der Waals surface area contributed by atoms with Crippen LogP contribution in [0.4, 0.5) is 0 Å². The van der Waals surface area contributed by atoms with E-state index in [-0.39, 0.29) is 5.60 Å². The lowest BCUT2D eigenvalue weighted by Crippen LogP contribution is -2.47. The Morgan fingerprint density at radius 2 is 1.80 bits per heavy atom. The summed E-state index contributed by atoms with van der Waals surface area (Å²) in [6.45, 7) is 0.781.